The Morgan fingerprint density at radius 1 is 1.37 bits per heavy atom. The van der Waals surface area contributed by atoms with Gasteiger partial charge in [0.2, 0.25) is 5.89 Å². The SMILES string of the molecule is CC(CC#N)Cc1nc(Cc2ccc(Br)cc2)no1. The summed E-state index contributed by atoms with van der Waals surface area (Å²) in [6, 6.07) is 10.2. The Kier molecular flexibility index (Phi) is 4.69. The summed E-state index contributed by atoms with van der Waals surface area (Å²) in [5.74, 6) is 1.53. The molecule has 98 valence electrons. The molecule has 1 unspecified atom stereocenters. The van der Waals surface area contributed by atoms with Gasteiger partial charge in [0.25, 0.3) is 0 Å². The van der Waals surface area contributed by atoms with Gasteiger partial charge in [-0.05, 0) is 23.6 Å². The second-order valence-corrected chi connectivity index (χ2v) is 5.49. The Bertz CT molecular complexity index is 571. The Morgan fingerprint density at radius 2 is 2.11 bits per heavy atom. The number of rotatable bonds is 5. The lowest BCUT2D eigenvalue weighted by molar-refractivity contribution is 0.355. The third kappa shape index (κ3) is 4.18. The van der Waals surface area contributed by atoms with Gasteiger partial charge in [0, 0.05) is 23.7 Å². The minimum atomic E-state index is 0.242. The maximum absolute atomic E-state index is 8.62. The Balaban J connectivity index is 1.97. The van der Waals surface area contributed by atoms with Crippen LogP contribution >= 0.6 is 15.9 Å². The molecule has 0 amide bonds. The number of halogens is 1. The van der Waals surface area contributed by atoms with Crippen molar-refractivity contribution in [3.63, 3.8) is 0 Å². The van der Waals surface area contributed by atoms with Gasteiger partial charge in [0.1, 0.15) is 0 Å². The lowest BCUT2D eigenvalue weighted by Crippen LogP contribution is -1.99. The highest BCUT2D eigenvalue weighted by molar-refractivity contribution is 9.10. The topological polar surface area (TPSA) is 62.7 Å². The van der Waals surface area contributed by atoms with Gasteiger partial charge < -0.3 is 4.52 Å². The van der Waals surface area contributed by atoms with Crippen molar-refractivity contribution in [2.45, 2.75) is 26.2 Å². The molecule has 2 aromatic rings. The molecule has 1 aromatic heterocycles. The average molecular weight is 320 g/mol. The van der Waals surface area contributed by atoms with Crippen LogP contribution < -0.4 is 0 Å². The van der Waals surface area contributed by atoms with Gasteiger partial charge in [0.15, 0.2) is 5.82 Å². The van der Waals surface area contributed by atoms with Crippen molar-refractivity contribution >= 4 is 15.9 Å². The molecule has 0 aliphatic carbocycles. The lowest BCUT2D eigenvalue weighted by atomic mass is 10.1. The van der Waals surface area contributed by atoms with Crippen LogP contribution in [0.2, 0.25) is 0 Å². The fourth-order valence-electron chi connectivity index (χ4n) is 1.76. The predicted octanol–water partition coefficient (Wildman–Crippen LogP) is 3.52. The molecule has 0 N–H and O–H groups in total. The molecule has 0 aliphatic heterocycles. The Morgan fingerprint density at radius 3 is 2.79 bits per heavy atom. The minimum absolute atomic E-state index is 0.242. The molecule has 0 aliphatic rings. The monoisotopic (exact) mass is 319 g/mol. The maximum atomic E-state index is 8.62. The third-order valence-corrected chi connectivity index (χ3v) is 3.28. The molecule has 0 radical (unpaired) electrons. The molecule has 1 atom stereocenters. The number of benzene rings is 1. The van der Waals surface area contributed by atoms with Gasteiger partial charge in [-0.25, -0.2) is 0 Å². The zero-order chi connectivity index (χ0) is 13.7. The summed E-state index contributed by atoms with van der Waals surface area (Å²) in [7, 11) is 0. The zero-order valence-electron chi connectivity index (χ0n) is 10.6. The van der Waals surface area contributed by atoms with E-state index in [0.717, 1.165) is 10.0 Å². The van der Waals surface area contributed by atoms with Gasteiger partial charge in [-0.15, -0.1) is 0 Å². The molecule has 4 nitrogen and oxygen atoms in total. The molecule has 5 heteroatoms. The van der Waals surface area contributed by atoms with Crippen LogP contribution in [0.3, 0.4) is 0 Å². The van der Waals surface area contributed by atoms with E-state index in [0.29, 0.717) is 31.0 Å². The van der Waals surface area contributed by atoms with Crippen molar-refractivity contribution in [2.75, 3.05) is 0 Å². The fourth-order valence-corrected chi connectivity index (χ4v) is 2.02. The molecular formula is C14H14BrN3O. The van der Waals surface area contributed by atoms with E-state index in [2.05, 4.69) is 32.1 Å². The first-order valence-electron chi connectivity index (χ1n) is 6.10. The van der Waals surface area contributed by atoms with Gasteiger partial charge in [0.05, 0.1) is 6.07 Å². The van der Waals surface area contributed by atoms with Crippen LogP contribution in [0.4, 0.5) is 0 Å². The molecule has 2 rings (SSSR count). The quantitative estimate of drug-likeness (QED) is 0.845. The van der Waals surface area contributed by atoms with Crippen LogP contribution in [0.5, 0.6) is 0 Å². The van der Waals surface area contributed by atoms with E-state index >= 15 is 0 Å². The van der Waals surface area contributed by atoms with Crippen LogP contribution in [0.25, 0.3) is 0 Å². The van der Waals surface area contributed by atoms with Gasteiger partial charge in [-0.2, -0.15) is 10.2 Å². The van der Waals surface area contributed by atoms with Gasteiger partial charge in [-0.3, -0.25) is 0 Å². The molecule has 0 saturated carbocycles. The summed E-state index contributed by atoms with van der Waals surface area (Å²) >= 11 is 3.40. The number of aromatic nitrogens is 2. The summed E-state index contributed by atoms with van der Waals surface area (Å²) in [6.45, 7) is 2.00. The summed E-state index contributed by atoms with van der Waals surface area (Å²) in [4.78, 5) is 4.35. The number of hydrogen-bond acceptors (Lipinski definition) is 4. The highest BCUT2D eigenvalue weighted by Gasteiger charge is 2.11. The second kappa shape index (κ2) is 6.48. The first-order valence-corrected chi connectivity index (χ1v) is 6.89. The molecule has 0 saturated heterocycles. The number of hydrogen-bond donors (Lipinski definition) is 0. The second-order valence-electron chi connectivity index (χ2n) is 4.58. The van der Waals surface area contributed by atoms with E-state index in [9.17, 15) is 0 Å². The Hall–Kier alpha value is -1.67. The maximum Gasteiger partial charge on any atom is 0.226 e. The van der Waals surface area contributed by atoms with Crippen molar-refractivity contribution < 1.29 is 4.52 Å². The molecule has 0 fully saturated rings. The normalized spacial score (nSPS) is 12.1. The Labute approximate surface area is 120 Å². The first kappa shape index (κ1) is 13.8. The molecule has 1 heterocycles. The van der Waals surface area contributed by atoms with Gasteiger partial charge >= 0.3 is 0 Å². The van der Waals surface area contributed by atoms with Crippen molar-refractivity contribution in [1.29, 1.82) is 5.26 Å². The first-order chi connectivity index (χ1) is 9.17. The number of nitrogens with zero attached hydrogens (tertiary/aromatic N) is 3. The molecule has 0 spiro atoms. The fraction of sp³-hybridized carbons (Fsp3) is 0.357. The van der Waals surface area contributed by atoms with Crippen LogP contribution in [-0.2, 0) is 12.8 Å². The zero-order valence-corrected chi connectivity index (χ0v) is 12.2. The van der Waals surface area contributed by atoms with Crippen LogP contribution in [-0.4, -0.2) is 10.1 Å². The average Bonchev–Trinajstić information content (AvgIpc) is 2.80. The molecule has 19 heavy (non-hydrogen) atoms. The molecule has 1 aromatic carbocycles. The van der Waals surface area contributed by atoms with E-state index in [-0.39, 0.29) is 5.92 Å². The molecular weight excluding hydrogens is 306 g/mol. The van der Waals surface area contributed by atoms with Crippen molar-refractivity contribution in [3.05, 3.63) is 46.0 Å². The summed E-state index contributed by atoms with van der Waals surface area (Å²) in [5.41, 5.74) is 1.14. The van der Waals surface area contributed by atoms with E-state index in [1.165, 1.54) is 0 Å². The van der Waals surface area contributed by atoms with E-state index in [1.54, 1.807) is 0 Å². The smallest absolute Gasteiger partial charge is 0.226 e. The highest BCUT2D eigenvalue weighted by atomic mass is 79.9. The summed E-state index contributed by atoms with van der Waals surface area (Å²) in [5, 5.41) is 12.6. The third-order valence-electron chi connectivity index (χ3n) is 2.75. The van der Waals surface area contributed by atoms with Crippen molar-refractivity contribution in [3.8, 4) is 6.07 Å². The van der Waals surface area contributed by atoms with E-state index < -0.39 is 0 Å². The predicted molar refractivity (Wildman–Crippen MR) is 74.3 cm³/mol. The summed E-state index contributed by atoms with van der Waals surface area (Å²) < 4.78 is 6.25. The van der Waals surface area contributed by atoms with E-state index in [1.807, 2.05) is 31.2 Å². The van der Waals surface area contributed by atoms with Crippen LogP contribution in [0, 0.1) is 17.2 Å². The highest BCUT2D eigenvalue weighted by Crippen LogP contribution is 2.14. The van der Waals surface area contributed by atoms with Gasteiger partial charge in [-0.1, -0.05) is 40.1 Å². The van der Waals surface area contributed by atoms with E-state index in [4.69, 9.17) is 9.78 Å². The van der Waals surface area contributed by atoms with Crippen LogP contribution in [0.15, 0.2) is 33.3 Å². The lowest BCUT2D eigenvalue weighted by Gasteiger charge is -2.00. The standard InChI is InChI=1S/C14H14BrN3O/c1-10(6-7-16)8-14-17-13(18-19-14)9-11-2-4-12(15)5-3-11/h2-5,10H,6,8-9H2,1H3. The van der Waals surface area contributed by atoms with Crippen molar-refractivity contribution in [2.24, 2.45) is 5.92 Å². The van der Waals surface area contributed by atoms with Crippen LogP contribution in [0.1, 0.15) is 30.6 Å². The summed E-state index contributed by atoms with van der Waals surface area (Å²) in [6.07, 6.45) is 1.81. The largest absolute Gasteiger partial charge is 0.339 e. The van der Waals surface area contributed by atoms with Crippen molar-refractivity contribution in [1.82, 2.24) is 10.1 Å². The molecule has 0 bridgehead atoms. The number of nitriles is 1. The minimum Gasteiger partial charge on any atom is -0.339 e.